The van der Waals surface area contributed by atoms with Gasteiger partial charge in [-0.05, 0) is 32.1 Å². The molecule has 0 aliphatic carbocycles. The number of benzene rings is 1. The molecule has 5 nitrogen and oxygen atoms in total. The van der Waals surface area contributed by atoms with E-state index in [2.05, 4.69) is 5.32 Å². The van der Waals surface area contributed by atoms with Crippen LogP contribution in [0.1, 0.15) is 31.4 Å². The third kappa shape index (κ3) is 2.63. The number of fused-ring (bicyclic) bond motifs is 1. The minimum atomic E-state index is -0.336. The number of imide groups is 1. The van der Waals surface area contributed by atoms with Gasteiger partial charge in [-0.25, -0.2) is 0 Å². The van der Waals surface area contributed by atoms with E-state index in [4.69, 9.17) is 9.47 Å². The monoisotopic (exact) mass is 287 g/mol. The number of hydrogen-bond acceptors (Lipinski definition) is 4. The van der Waals surface area contributed by atoms with E-state index in [0.717, 1.165) is 23.3 Å². The van der Waals surface area contributed by atoms with Crippen LogP contribution in [0.3, 0.4) is 0 Å². The van der Waals surface area contributed by atoms with E-state index in [-0.39, 0.29) is 24.3 Å². The maximum atomic E-state index is 11.7. The molecule has 2 aliphatic heterocycles. The molecule has 1 atom stereocenters. The van der Waals surface area contributed by atoms with Gasteiger partial charge in [0.15, 0.2) is 0 Å². The Hall–Kier alpha value is -2.30. The molecule has 1 fully saturated rings. The number of amides is 2. The summed E-state index contributed by atoms with van der Waals surface area (Å²) < 4.78 is 11.4. The van der Waals surface area contributed by atoms with E-state index < -0.39 is 0 Å². The molecule has 0 aromatic heterocycles. The lowest BCUT2D eigenvalue weighted by atomic mass is 10.0. The van der Waals surface area contributed by atoms with Crippen LogP contribution in [0.15, 0.2) is 17.7 Å². The molecule has 0 bridgehead atoms. The first-order valence-corrected chi connectivity index (χ1v) is 7.08. The number of ether oxygens (including phenoxy) is 2. The summed E-state index contributed by atoms with van der Waals surface area (Å²) in [6.07, 6.45) is 2.82. The smallest absolute Gasteiger partial charge is 0.254 e. The van der Waals surface area contributed by atoms with Gasteiger partial charge in [0.05, 0.1) is 13.0 Å². The topological polar surface area (TPSA) is 64.6 Å². The van der Waals surface area contributed by atoms with E-state index in [0.29, 0.717) is 17.9 Å². The minimum absolute atomic E-state index is 0.110. The second-order valence-electron chi connectivity index (χ2n) is 5.29. The summed E-state index contributed by atoms with van der Waals surface area (Å²) in [6.45, 7) is 4.47. The highest BCUT2D eigenvalue weighted by molar-refractivity contribution is 6.15. The first-order chi connectivity index (χ1) is 10.1. The fourth-order valence-electron chi connectivity index (χ4n) is 2.66. The van der Waals surface area contributed by atoms with Crippen LogP contribution >= 0.6 is 0 Å². The Morgan fingerprint density at radius 2 is 2.24 bits per heavy atom. The summed E-state index contributed by atoms with van der Waals surface area (Å²) in [7, 11) is 0. The fraction of sp³-hybridized carbons (Fsp3) is 0.375. The Morgan fingerprint density at radius 1 is 1.43 bits per heavy atom. The van der Waals surface area contributed by atoms with Gasteiger partial charge in [0.2, 0.25) is 5.91 Å². The van der Waals surface area contributed by atoms with Gasteiger partial charge >= 0.3 is 0 Å². The van der Waals surface area contributed by atoms with Crippen molar-refractivity contribution in [2.75, 3.05) is 6.61 Å². The molecule has 110 valence electrons. The zero-order chi connectivity index (χ0) is 15.0. The van der Waals surface area contributed by atoms with Crippen molar-refractivity contribution in [3.63, 3.8) is 0 Å². The van der Waals surface area contributed by atoms with Crippen molar-refractivity contribution in [1.82, 2.24) is 5.32 Å². The highest BCUT2D eigenvalue weighted by atomic mass is 16.5. The van der Waals surface area contributed by atoms with Crippen molar-refractivity contribution >= 4 is 17.9 Å². The van der Waals surface area contributed by atoms with Gasteiger partial charge in [0.1, 0.15) is 17.6 Å². The first kappa shape index (κ1) is 13.7. The van der Waals surface area contributed by atoms with Crippen LogP contribution in [0, 0.1) is 0 Å². The van der Waals surface area contributed by atoms with Gasteiger partial charge in [-0.15, -0.1) is 0 Å². The number of nitrogens with one attached hydrogen (secondary N) is 1. The van der Waals surface area contributed by atoms with Crippen molar-refractivity contribution in [3.05, 3.63) is 28.8 Å². The molecule has 3 rings (SSSR count). The van der Waals surface area contributed by atoms with E-state index in [1.807, 2.05) is 26.0 Å². The van der Waals surface area contributed by atoms with Crippen molar-refractivity contribution in [1.29, 1.82) is 0 Å². The number of hydrogen-bond donors (Lipinski definition) is 1. The van der Waals surface area contributed by atoms with E-state index >= 15 is 0 Å². The Labute approximate surface area is 122 Å². The molecule has 1 aromatic rings. The molecule has 5 heteroatoms. The predicted molar refractivity (Wildman–Crippen MR) is 77.1 cm³/mol. The van der Waals surface area contributed by atoms with E-state index in [9.17, 15) is 9.59 Å². The van der Waals surface area contributed by atoms with E-state index in [1.165, 1.54) is 0 Å². The number of rotatable bonds is 3. The molecule has 0 radical (unpaired) electrons. The van der Waals surface area contributed by atoms with Gasteiger partial charge in [-0.2, -0.15) is 0 Å². The normalized spacial score (nSPS) is 22.2. The lowest BCUT2D eigenvalue weighted by Gasteiger charge is -2.10. The molecule has 0 saturated carbocycles. The van der Waals surface area contributed by atoms with E-state index in [1.54, 1.807) is 6.08 Å². The molecule has 1 unspecified atom stereocenters. The summed E-state index contributed by atoms with van der Waals surface area (Å²) in [6, 6.07) is 3.84. The van der Waals surface area contributed by atoms with Gasteiger partial charge in [0, 0.05) is 23.1 Å². The average molecular weight is 287 g/mol. The van der Waals surface area contributed by atoms with Crippen molar-refractivity contribution < 1.29 is 19.1 Å². The molecule has 2 amide bonds. The molecule has 2 heterocycles. The van der Waals surface area contributed by atoms with Crippen molar-refractivity contribution in [2.24, 2.45) is 0 Å². The molecule has 1 aromatic carbocycles. The van der Waals surface area contributed by atoms with Crippen LogP contribution in [-0.2, 0) is 16.0 Å². The zero-order valence-corrected chi connectivity index (χ0v) is 12.1. The molecular formula is C16H17NO4. The van der Waals surface area contributed by atoms with Crippen LogP contribution in [0.4, 0.5) is 0 Å². The Morgan fingerprint density at radius 3 is 2.90 bits per heavy atom. The molecule has 1 N–H and O–H groups in total. The fourth-order valence-corrected chi connectivity index (χ4v) is 2.66. The first-order valence-electron chi connectivity index (χ1n) is 7.08. The minimum Gasteiger partial charge on any atom is -0.493 e. The van der Waals surface area contributed by atoms with Crippen LogP contribution in [-0.4, -0.2) is 24.5 Å². The quantitative estimate of drug-likeness (QED) is 0.680. The van der Waals surface area contributed by atoms with Gasteiger partial charge in [0.25, 0.3) is 5.91 Å². The molecule has 1 saturated heterocycles. The molecular weight excluding hydrogens is 270 g/mol. The standard InChI is InChI=1S/C16H17NO4/c1-3-20-13-6-10-4-9(2)21-14(10)7-11(13)5-12-8-15(18)17-16(12)19/h5-7,9H,3-4,8H2,1-2H3,(H,17,18,19). The van der Waals surface area contributed by atoms with Crippen molar-refractivity contribution in [3.8, 4) is 11.5 Å². The van der Waals surface area contributed by atoms with Crippen LogP contribution in [0.2, 0.25) is 0 Å². The maximum Gasteiger partial charge on any atom is 0.254 e. The van der Waals surface area contributed by atoms with Gasteiger partial charge < -0.3 is 9.47 Å². The highest BCUT2D eigenvalue weighted by Crippen LogP contribution is 2.36. The Kier molecular flexibility index (Phi) is 3.41. The average Bonchev–Trinajstić information content (AvgIpc) is 2.91. The highest BCUT2D eigenvalue weighted by Gasteiger charge is 2.26. The van der Waals surface area contributed by atoms with Crippen LogP contribution < -0.4 is 14.8 Å². The van der Waals surface area contributed by atoms with Gasteiger partial charge in [-0.1, -0.05) is 0 Å². The van der Waals surface area contributed by atoms with Crippen LogP contribution in [0.25, 0.3) is 6.08 Å². The summed E-state index contributed by atoms with van der Waals surface area (Å²) in [5.41, 5.74) is 2.33. The Balaban J connectivity index is 2.01. The molecule has 2 aliphatic rings. The predicted octanol–water partition coefficient (Wildman–Crippen LogP) is 1.84. The van der Waals surface area contributed by atoms with Crippen molar-refractivity contribution in [2.45, 2.75) is 32.8 Å². The van der Waals surface area contributed by atoms with Gasteiger partial charge in [-0.3, -0.25) is 14.9 Å². The SMILES string of the molecule is CCOc1cc2c(cc1C=C1CC(=O)NC1=O)OC(C)C2. The largest absolute Gasteiger partial charge is 0.493 e. The zero-order valence-electron chi connectivity index (χ0n) is 12.1. The Bertz CT molecular complexity index is 648. The summed E-state index contributed by atoms with van der Waals surface area (Å²) in [5, 5.41) is 2.28. The summed E-state index contributed by atoms with van der Waals surface area (Å²) in [5.74, 6) is 0.934. The summed E-state index contributed by atoms with van der Waals surface area (Å²) >= 11 is 0. The lowest BCUT2D eigenvalue weighted by molar-refractivity contribution is -0.124. The number of carbonyl (C=O) groups is 2. The second kappa shape index (κ2) is 5.24. The van der Waals surface area contributed by atoms with Crippen LogP contribution in [0.5, 0.6) is 11.5 Å². The number of carbonyl (C=O) groups excluding carboxylic acids is 2. The third-order valence-corrected chi connectivity index (χ3v) is 3.55. The lowest BCUT2D eigenvalue weighted by Crippen LogP contribution is -2.19. The third-order valence-electron chi connectivity index (χ3n) is 3.55. The summed E-state index contributed by atoms with van der Waals surface area (Å²) in [4.78, 5) is 22.9. The maximum absolute atomic E-state index is 11.7. The molecule has 21 heavy (non-hydrogen) atoms. The second-order valence-corrected chi connectivity index (χ2v) is 5.29. The molecule has 0 spiro atoms.